The molecule has 0 N–H and O–H groups in total. The van der Waals surface area contributed by atoms with Crippen molar-refractivity contribution in [1.29, 1.82) is 0 Å². The predicted octanol–water partition coefficient (Wildman–Crippen LogP) is 2.29. The predicted molar refractivity (Wildman–Crippen MR) is 55.4 cm³/mol. The van der Waals surface area contributed by atoms with Gasteiger partial charge in [0.1, 0.15) is 5.75 Å². The van der Waals surface area contributed by atoms with E-state index < -0.39 is 0 Å². The van der Waals surface area contributed by atoms with Gasteiger partial charge in [0.2, 0.25) is 5.78 Å². The summed E-state index contributed by atoms with van der Waals surface area (Å²) in [6, 6.07) is 6.91. The first kappa shape index (κ1) is 10.3. The van der Waals surface area contributed by atoms with Crippen molar-refractivity contribution < 1.29 is 9.53 Å². The highest BCUT2D eigenvalue weighted by Gasteiger charge is 2.02. The summed E-state index contributed by atoms with van der Waals surface area (Å²) in [6.45, 7) is 2.67. The van der Waals surface area contributed by atoms with Gasteiger partial charge in [0, 0.05) is 5.56 Å². The Morgan fingerprint density at radius 3 is 3.00 bits per heavy atom. The van der Waals surface area contributed by atoms with E-state index in [1.165, 1.54) is 0 Å². The summed E-state index contributed by atoms with van der Waals surface area (Å²) in [5.74, 6) is 2.44. The molecule has 0 aliphatic carbocycles. The summed E-state index contributed by atoms with van der Waals surface area (Å²) in [5, 5.41) is 0. The molecule has 14 heavy (non-hydrogen) atoms. The zero-order chi connectivity index (χ0) is 10.4. The maximum atomic E-state index is 11.1. The van der Waals surface area contributed by atoms with Crippen molar-refractivity contribution in [3.05, 3.63) is 29.8 Å². The lowest BCUT2D eigenvalue weighted by Crippen LogP contribution is -1.98. The molecular formula is C12H12O2. The number of ether oxygens (including phenoxy) is 1. The number of carbonyl (C=O) groups excluding carboxylic acids is 1. The Morgan fingerprint density at radius 1 is 1.57 bits per heavy atom. The maximum Gasteiger partial charge on any atom is 0.235 e. The quantitative estimate of drug-likeness (QED) is 0.411. The van der Waals surface area contributed by atoms with Crippen LogP contribution in [0.5, 0.6) is 5.75 Å². The summed E-state index contributed by atoms with van der Waals surface area (Å²) < 4.78 is 5.37. The number of rotatable bonds is 4. The Labute approximate surface area is 83.9 Å². The molecule has 0 amide bonds. The Kier molecular flexibility index (Phi) is 3.75. The Hall–Kier alpha value is -1.75. The molecule has 0 aliphatic rings. The van der Waals surface area contributed by atoms with Crippen molar-refractivity contribution in [3.8, 4) is 18.1 Å². The monoisotopic (exact) mass is 188 g/mol. The van der Waals surface area contributed by atoms with Gasteiger partial charge < -0.3 is 4.74 Å². The van der Waals surface area contributed by atoms with Crippen molar-refractivity contribution in [1.82, 2.24) is 0 Å². The van der Waals surface area contributed by atoms with Crippen LogP contribution in [-0.2, 0) is 0 Å². The van der Waals surface area contributed by atoms with E-state index in [9.17, 15) is 4.79 Å². The molecule has 0 spiro atoms. The zero-order valence-corrected chi connectivity index (χ0v) is 8.12. The van der Waals surface area contributed by atoms with Gasteiger partial charge in [0.25, 0.3) is 0 Å². The number of hydrogen-bond donors (Lipinski definition) is 0. The Balaban J connectivity index is 2.80. The zero-order valence-electron chi connectivity index (χ0n) is 8.12. The van der Waals surface area contributed by atoms with Gasteiger partial charge in [-0.3, -0.25) is 4.79 Å². The fourth-order valence-electron chi connectivity index (χ4n) is 1.03. The second-order valence-corrected chi connectivity index (χ2v) is 2.85. The molecule has 0 heterocycles. The van der Waals surface area contributed by atoms with Crippen LogP contribution in [0.1, 0.15) is 23.7 Å². The van der Waals surface area contributed by atoms with E-state index in [0.29, 0.717) is 17.9 Å². The van der Waals surface area contributed by atoms with Gasteiger partial charge in [-0.15, -0.1) is 6.42 Å². The molecule has 0 radical (unpaired) electrons. The SMILES string of the molecule is C#CC(=O)c1cccc(OCCC)c1. The van der Waals surface area contributed by atoms with Gasteiger partial charge in [0.15, 0.2) is 0 Å². The molecule has 2 heteroatoms. The van der Waals surface area contributed by atoms with Gasteiger partial charge in [-0.05, 0) is 24.5 Å². The molecule has 0 aliphatic heterocycles. The minimum absolute atomic E-state index is 0.313. The number of Topliss-reactive ketones (excluding diaryl/α,β-unsaturated/α-hetero) is 1. The molecule has 0 atom stereocenters. The van der Waals surface area contributed by atoms with Gasteiger partial charge in [0.05, 0.1) is 6.61 Å². The van der Waals surface area contributed by atoms with Gasteiger partial charge in [-0.1, -0.05) is 19.1 Å². The summed E-state index contributed by atoms with van der Waals surface area (Å²) >= 11 is 0. The number of carbonyl (C=O) groups is 1. The molecule has 1 rings (SSSR count). The lowest BCUT2D eigenvalue weighted by molar-refractivity contribution is 0.105. The summed E-state index contributed by atoms with van der Waals surface area (Å²) in [5.41, 5.74) is 0.501. The van der Waals surface area contributed by atoms with Crippen molar-refractivity contribution >= 4 is 5.78 Å². The summed E-state index contributed by atoms with van der Waals surface area (Å²) in [7, 11) is 0. The van der Waals surface area contributed by atoms with Crippen LogP contribution in [-0.4, -0.2) is 12.4 Å². The highest BCUT2D eigenvalue weighted by molar-refractivity contribution is 6.08. The van der Waals surface area contributed by atoms with Crippen LogP contribution in [0.15, 0.2) is 24.3 Å². The van der Waals surface area contributed by atoms with E-state index in [-0.39, 0.29) is 5.78 Å². The number of benzene rings is 1. The van der Waals surface area contributed by atoms with Crippen molar-refractivity contribution in [3.63, 3.8) is 0 Å². The largest absolute Gasteiger partial charge is 0.494 e. The highest BCUT2D eigenvalue weighted by atomic mass is 16.5. The fourth-order valence-corrected chi connectivity index (χ4v) is 1.03. The van der Waals surface area contributed by atoms with Gasteiger partial charge in [-0.2, -0.15) is 0 Å². The van der Waals surface area contributed by atoms with Gasteiger partial charge >= 0.3 is 0 Å². The Morgan fingerprint density at radius 2 is 2.36 bits per heavy atom. The molecule has 1 aromatic rings. The molecule has 0 aromatic heterocycles. The van der Waals surface area contributed by atoms with E-state index in [1.807, 2.05) is 13.0 Å². The molecule has 0 fully saturated rings. The molecule has 0 unspecified atom stereocenters. The third kappa shape index (κ3) is 2.63. The summed E-state index contributed by atoms with van der Waals surface area (Å²) in [6.07, 6.45) is 5.95. The minimum atomic E-state index is -0.313. The van der Waals surface area contributed by atoms with Crippen molar-refractivity contribution in [2.24, 2.45) is 0 Å². The van der Waals surface area contributed by atoms with Crippen LogP contribution in [0.2, 0.25) is 0 Å². The summed E-state index contributed by atoms with van der Waals surface area (Å²) in [4.78, 5) is 11.1. The third-order valence-electron chi connectivity index (χ3n) is 1.70. The second kappa shape index (κ2) is 5.08. The highest BCUT2D eigenvalue weighted by Crippen LogP contribution is 2.13. The fraction of sp³-hybridized carbons (Fsp3) is 0.250. The van der Waals surface area contributed by atoms with Crippen LogP contribution in [0.4, 0.5) is 0 Å². The van der Waals surface area contributed by atoms with Crippen LogP contribution >= 0.6 is 0 Å². The third-order valence-corrected chi connectivity index (χ3v) is 1.70. The maximum absolute atomic E-state index is 11.1. The molecule has 0 saturated heterocycles. The Bertz CT molecular complexity index is 361. The molecular weight excluding hydrogens is 176 g/mol. The first-order valence-electron chi connectivity index (χ1n) is 4.51. The molecule has 0 saturated carbocycles. The molecule has 72 valence electrons. The lowest BCUT2D eigenvalue weighted by Gasteiger charge is -2.04. The van der Waals surface area contributed by atoms with Crippen molar-refractivity contribution in [2.75, 3.05) is 6.61 Å². The van der Waals surface area contributed by atoms with E-state index in [1.54, 1.807) is 18.2 Å². The molecule has 0 bridgehead atoms. The van der Waals surface area contributed by atoms with Crippen LogP contribution in [0, 0.1) is 12.3 Å². The standard InChI is InChI=1S/C12H12O2/c1-3-8-14-11-7-5-6-10(9-11)12(13)4-2/h2,5-7,9H,3,8H2,1H3. The smallest absolute Gasteiger partial charge is 0.235 e. The first-order valence-corrected chi connectivity index (χ1v) is 4.51. The normalized spacial score (nSPS) is 9.14. The number of terminal acetylenes is 1. The van der Waals surface area contributed by atoms with E-state index in [2.05, 4.69) is 5.92 Å². The van der Waals surface area contributed by atoms with E-state index >= 15 is 0 Å². The minimum Gasteiger partial charge on any atom is -0.494 e. The first-order chi connectivity index (χ1) is 6.77. The topological polar surface area (TPSA) is 26.3 Å². The van der Waals surface area contributed by atoms with Crippen molar-refractivity contribution in [2.45, 2.75) is 13.3 Å². The van der Waals surface area contributed by atoms with Crippen LogP contribution < -0.4 is 4.74 Å². The van der Waals surface area contributed by atoms with Crippen LogP contribution in [0.3, 0.4) is 0 Å². The van der Waals surface area contributed by atoms with Gasteiger partial charge in [-0.25, -0.2) is 0 Å². The van der Waals surface area contributed by atoms with E-state index in [0.717, 1.165) is 6.42 Å². The molecule has 1 aromatic carbocycles. The average molecular weight is 188 g/mol. The number of hydrogen-bond acceptors (Lipinski definition) is 2. The lowest BCUT2D eigenvalue weighted by atomic mass is 10.1. The molecule has 2 nitrogen and oxygen atoms in total. The second-order valence-electron chi connectivity index (χ2n) is 2.85. The van der Waals surface area contributed by atoms with Crippen LogP contribution in [0.25, 0.3) is 0 Å². The van der Waals surface area contributed by atoms with E-state index in [4.69, 9.17) is 11.2 Å². The number of ketones is 1. The average Bonchev–Trinajstić information content (AvgIpc) is 2.25.